The lowest BCUT2D eigenvalue weighted by atomic mass is 10.0. The lowest BCUT2D eigenvalue weighted by molar-refractivity contribution is 0.500. The van der Waals surface area contributed by atoms with Gasteiger partial charge >= 0.3 is 0 Å². The fourth-order valence-electron chi connectivity index (χ4n) is 1.88. The van der Waals surface area contributed by atoms with Crippen LogP contribution < -0.4 is 5.32 Å². The second-order valence-corrected chi connectivity index (χ2v) is 4.03. The smallest absolute Gasteiger partial charge is 0.159 e. The van der Waals surface area contributed by atoms with Crippen molar-refractivity contribution in [3.05, 3.63) is 65.2 Å². The summed E-state index contributed by atoms with van der Waals surface area (Å²) in [6.45, 7) is 2.38. The van der Waals surface area contributed by atoms with Gasteiger partial charge in [-0.2, -0.15) is 0 Å². The average Bonchev–Trinajstić information content (AvgIpc) is 2.40. The molecule has 19 heavy (non-hydrogen) atoms. The normalized spacial score (nSPS) is 12.4. The molecule has 0 saturated heterocycles. The third-order valence-electron chi connectivity index (χ3n) is 2.75. The summed E-state index contributed by atoms with van der Waals surface area (Å²) in [6.07, 6.45) is 1.46. The van der Waals surface area contributed by atoms with Crippen molar-refractivity contribution < 1.29 is 13.2 Å². The van der Waals surface area contributed by atoms with Gasteiger partial charge in [0.15, 0.2) is 11.6 Å². The van der Waals surface area contributed by atoms with Gasteiger partial charge in [0.05, 0.1) is 11.7 Å². The number of benzene rings is 1. The minimum atomic E-state index is -0.961. The molecule has 2 rings (SSSR count). The van der Waals surface area contributed by atoms with Crippen molar-refractivity contribution in [2.24, 2.45) is 0 Å². The van der Waals surface area contributed by atoms with E-state index in [1.807, 2.05) is 6.92 Å². The van der Waals surface area contributed by atoms with E-state index in [1.54, 1.807) is 0 Å². The zero-order chi connectivity index (χ0) is 13.8. The van der Waals surface area contributed by atoms with Crippen LogP contribution in [0, 0.1) is 17.5 Å². The number of hydrogen-bond acceptors (Lipinski definition) is 2. The molecule has 5 heteroatoms. The topological polar surface area (TPSA) is 24.9 Å². The molecule has 0 bridgehead atoms. The Morgan fingerprint density at radius 2 is 1.89 bits per heavy atom. The highest BCUT2D eigenvalue weighted by Crippen LogP contribution is 2.23. The minimum Gasteiger partial charge on any atom is -0.305 e. The molecular formula is C14H13F3N2. The third-order valence-corrected chi connectivity index (χ3v) is 2.75. The van der Waals surface area contributed by atoms with E-state index in [2.05, 4.69) is 10.3 Å². The Balaban J connectivity index is 2.45. The minimum absolute atomic E-state index is 0.162. The van der Waals surface area contributed by atoms with E-state index in [-0.39, 0.29) is 5.69 Å². The summed E-state index contributed by atoms with van der Waals surface area (Å²) in [5.41, 5.74) is 0.591. The van der Waals surface area contributed by atoms with Crippen LogP contribution in [0.4, 0.5) is 13.2 Å². The quantitative estimate of drug-likeness (QED) is 0.919. The molecule has 0 aliphatic carbocycles. The van der Waals surface area contributed by atoms with Crippen molar-refractivity contribution in [3.8, 4) is 0 Å². The highest BCUT2D eigenvalue weighted by Gasteiger charge is 2.19. The zero-order valence-corrected chi connectivity index (χ0v) is 10.3. The SMILES string of the molecule is CCNC(c1ccc(F)c(F)c1)c1ncccc1F. The Bertz CT molecular complexity index is 572. The van der Waals surface area contributed by atoms with Crippen LogP contribution in [-0.2, 0) is 0 Å². The molecule has 1 heterocycles. The van der Waals surface area contributed by atoms with Gasteiger partial charge in [0.25, 0.3) is 0 Å². The van der Waals surface area contributed by atoms with E-state index in [9.17, 15) is 13.2 Å². The number of rotatable bonds is 4. The van der Waals surface area contributed by atoms with Crippen LogP contribution in [0.5, 0.6) is 0 Å². The van der Waals surface area contributed by atoms with E-state index >= 15 is 0 Å². The standard InChI is InChI=1S/C14H13F3N2/c1-2-18-13(14-11(16)4-3-7-19-14)9-5-6-10(15)12(17)8-9/h3-8,13,18H,2H2,1H3. The summed E-state index contributed by atoms with van der Waals surface area (Å²) in [7, 11) is 0. The number of nitrogens with one attached hydrogen (secondary N) is 1. The highest BCUT2D eigenvalue weighted by atomic mass is 19.2. The molecule has 0 fully saturated rings. The second-order valence-electron chi connectivity index (χ2n) is 4.03. The molecule has 1 N–H and O–H groups in total. The Labute approximate surface area is 109 Å². The van der Waals surface area contributed by atoms with Crippen LogP contribution in [0.2, 0.25) is 0 Å². The third kappa shape index (κ3) is 2.93. The van der Waals surface area contributed by atoms with Gasteiger partial charge in [-0.05, 0) is 36.4 Å². The molecule has 0 amide bonds. The van der Waals surface area contributed by atoms with Gasteiger partial charge in [-0.3, -0.25) is 4.98 Å². The number of hydrogen-bond donors (Lipinski definition) is 1. The molecule has 1 aromatic carbocycles. The Morgan fingerprint density at radius 3 is 2.53 bits per heavy atom. The maximum atomic E-state index is 13.8. The molecule has 2 nitrogen and oxygen atoms in total. The fourth-order valence-corrected chi connectivity index (χ4v) is 1.88. The summed E-state index contributed by atoms with van der Waals surface area (Å²) >= 11 is 0. The highest BCUT2D eigenvalue weighted by molar-refractivity contribution is 5.29. The lowest BCUT2D eigenvalue weighted by Gasteiger charge is -2.18. The number of pyridine rings is 1. The average molecular weight is 266 g/mol. The van der Waals surface area contributed by atoms with Crippen LogP contribution >= 0.6 is 0 Å². The summed E-state index contributed by atoms with van der Waals surface area (Å²) in [6, 6.07) is 5.65. The largest absolute Gasteiger partial charge is 0.305 e. The number of nitrogens with zero attached hydrogens (tertiary/aromatic N) is 1. The lowest BCUT2D eigenvalue weighted by Crippen LogP contribution is -2.24. The fraction of sp³-hybridized carbons (Fsp3) is 0.214. The molecule has 1 atom stereocenters. The Kier molecular flexibility index (Phi) is 4.16. The van der Waals surface area contributed by atoms with Gasteiger partial charge < -0.3 is 5.32 Å². The van der Waals surface area contributed by atoms with Crippen molar-refractivity contribution in [2.75, 3.05) is 6.54 Å². The van der Waals surface area contributed by atoms with Gasteiger partial charge in [-0.15, -0.1) is 0 Å². The zero-order valence-electron chi connectivity index (χ0n) is 10.3. The van der Waals surface area contributed by atoms with Crippen molar-refractivity contribution in [3.63, 3.8) is 0 Å². The summed E-state index contributed by atoms with van der Waals surface area (Å²) in [5, 5.41) is 3.01. The van der Waals surface area contributed by atoms with Crippen molar-refractivity contribution in [2.45, 2.75) is 13.0 Å². The molecule has 0 radical (unpaired) electrons. The predicted molar refractivity (Wildman–Crippen MR) is 66.1 cm³/mol. The van der Waals surface area contributed by atoms with Crippen molar-refractivity contribution in [1.82, 2.24) is 10.3 Å². The molecule has 0 aliphatic heterocycles. The molecule has 2 aromatic rings. The van der Waals surface area contributed by atoms with Gasteiger partial charge in [0.1, 0.15) is 5.82 Å². The van der Waals surface area contributed by atoms with Gasteiger partial charge in [-0.25, -0.2) is 13.2 Å². The molecule has 100 valence electrons. The molecular weight excluding hydrogens is 253 g/mol. The van der Waals surface area contributed by atoms with Crippen LogP contribution in [0.3, 0.4) is 0 Å². The van der Waals surface area contributed by atoms with E-state index in [4.69, 9.17) is 0 Å². The number of halogens is 3. The molecule has 0 spiro atoms. The van der Waals surface area contributed by atoms with Crippen molar-refractivity contribution >= 4 is 0 Å². The van der Waals surface area contributed by atoms with E-state index in [1.165, 1.54) is 24.4 Å². The summed E-state index contributed by atoms with van der Waals surface area (Å²) < 4.78 is 40.0. The predicted octanol–water partition coefficient (Wildman–Crippen LogP) is 3.20. The molecule has 1 aromatic heterocycles. The Hall–Kier alpha value is -1.88. The second kappa shape index (κ2) is 5.84. The monoisotopic (exact) mass is 266 g/mol. The van der Waals surface area contributed by atoms with Gasteiger partial charge in [0.2, 0.25) is 0 Å². The molecule has 1 unspecified atom stereocenters. The van der Waals surface area contributed by atoms with Gasteiger partial charge in [0, 0.05) is 6.20 Å². The van der Waals surface area contributed by atoms with E-state index in [0.29, 0.717) is 12.1 Å². The van der Waals surface area contributed by atoms with Crippen molar-refractivity contribution in [1.29, 1.82) is 0 Å². The summed E-state index contributed by atoms with van der Waals surface area (Å²) in [5.74, 6) is -2.38. The van der Waals surface area contributed by atoms with E-state index in [0.717, 1.165) is 12.1 Å². The van der Waals surface area contributed by atoms with Gasteiger partial charge in [-0.1, -0.05) is 13.0 Å². The van der Waals surface area contributed by atoms with Crippen LogP contribution in [0.25, 0.3) is 0 Å². The first kappa shape index (κ1) is 13.5. The van der Waals surface area contributed by atoms with Crippen LogP contribution in [0.1, 0.15) is 24.2 Å². The maximum Gasteiger partial charge on any atom is 0.159 e. The number of aromatic nitrogens is 1. The molecule has 0 saturated carbocycles. The van der Waals surface area contributed by atoms with Crippen LogP contribution in [0.15, 0.2) is 36.5 Å². The summed E-state index contributed by atoms with van der Waals surface area (Å²) in [4.78, 5) is 3.97. The maximum absolute atomic E-state index is 13.8. The van der Waals surface area contributed by atoms with Crippen LogP contribution in [-0.4, -0.2) is 11.5 Å². The first-order valence-corrected chi connectivity index (χ1v) is 5.92. The van der Waals surface area contributed by atoms with E-state index < -0.39 is 23.5 Å². The first-order valence-electron chi connectivity index (χ1n) is 5.92. The molecule has 0 aliphatic rings. The Morgan fingerprint density at radius 1 is 1.11 bits per heavy atom. The first-order chi connectivity index (χ1) is 9.13.